The Balaban J connectivity index is 1.38. The molecule has 5 fully saturated rings. The first-order valence-electron chi connectivity index (χ1n) is 17.1. The molecule has 2 bridgehead atoms. The van der Waals surface area contributed by atoms with Gasteiger partial charge in [-0.05, 0) is 87.2 Å². The minimum atomic E-state index is -1.24. The van der Waals surface area contributed by atoms with Crippen molar-refractivity contribution in [2.45, 2.75) is 120 Å². The van der Waals surface area contributed by atoms with Crippen molar-refractivity contribution in [1.29, 1.82) is 0 Å². The molecule has 2 aromatic carbocycles. The molecule has 0 unspecified atom stereocenters. The van der Waals surface area contributed by atoms with Crippen LogP contribution in [-0.2, 0) is 19.8 Å². The zero-order chi connectivity index (χ0) is 32.6. The summed E-state index contributed by atoms with van der Waals surface area (Å²) in [4.78, 5) is 45.4. The van der Waals surface area contributed by atoms with E-state index in [0.29, 0.717) is 35.9 Å². The van der Waals surface area contributed by atoms with E-state index in [2.05, 4.69) is 15.5 Å². The van der Waals surface area contributed by atoms with E-state index in [-0.39, 0.29) is 33.7 Å². The summed E-state index contributed by atoms with van der Waals surface area (Å²) in [6, 6.07) is 9.58. The fourth-order valence-corrected chi connectivity index (χ4v) is 11.1. The number of nitrogens with one attached hydrogen (secondary N) is 2. The number of likely N-dealkylation sites (N-methyl/N-ethyl adjacent to an activating group) is 1. The first kappa shape index (κ1) is 32.1. The van der Waals surface area contributed by atoms with E-state index >= 15 is 9.18 Å². The lowest BCUT2D eigenvalue weighted by molar-refractivity contribution is -0.141. The molecule has 2 aromatic rings. The molecule has 3 atom stereocenters. The predicted molar refractivity (Wildman–Crippen MR) is 179 cm³/mol. The molecule has 9 heteroatoms. The van der Waals surface area contributed by atoms with Gasteiger partial charge in [-0.2, -0.15) is 0 Å². The molecular weight excluding hydrogens is 624 g/mol. The highest BCUT2D eigenvalue weighted by Crippen LogP contribution is 2.66. The standard InChI is InChI=1S/C37H44Cl2FN3O3/c1-4-43-30(32(45)42-35-18-15-34(16-19-35,17-20-35)31(44)22(2)3)28(24-9-8-10-26(39)29(24)40)37(36(43)13-6-5-7-14-36)25-12-11-23(38)21-27(25)41-33(37)46/h8-12,21-22,28,30H,4-7,13-20H2,1-3H3,(H,41,46)(H,42,45)/t28-,30+,34?,35?,37+/m0/s1. The molecule has 6 aliphatic rings. The summed E-state index contributed by atoms with van der Waals surface area (Å²) >= 11 is 12.9. The second-order valence-corrected chi connectivity index (χ2v) is 15.8. The van der Waals surface area contributed by atoms with Crippen LogP contribution >= 0.6 is 23.2 Å². The molecule has 2 N–H and O–H groups in total. The third-order valence-corrected chi connectivity index (χ3v) is 13.2. The number of benzene rings is 2. The third kappa shape index (κ3) is 4.33. The smallest absolute Gasteiger partial charge is 0.238 e. The third-order valence-electron chi connectivity index (χ3n) is 12.7. The minimum Gasteiger partial charge on any atom is -0.349 e. The predicted octanol–water partition coefficient (Wildman–Crippen LogP) is 7.95. The minimum absolute atomic E-state index is 0.0108. The van der Waals surface area contributed by atoms with Crippen molar-refractivity contribution in [3.8, 4) is 0 Å². The van der Waals surface area contributed by atoms with E-state index in [1.54, 1.807) is 24.3 Å². The van der Waals surface area contributed by atoms with Gasteiger partial charge in [0.25, 0.3) is 0 Å². The Morgan fingerprint density at radius 3 is 2.30 bits per heavy atom. The molecule has 6 nitrogen and oxygen atoms in total. The number of amides is 2. The van der Waals surface area contributed by atoms with Crippen LogP contribution in [0.5, 0.6) is 0 Å². The van der Waals surface area contributed by atoms with Gasteiger partial charge in [0.05, 0.1) is 11.1 Å². The van der Waals surface area contributed by atoms with Crippen molar-refractivity contribution < 1.29 is 18.8 Å². The van der Waals surface area contributed by atoms with E-state index < -0.39 is 34.3 Å². The fourth-order valence-electron chi connectivity index (χ4n) is 10.7. The van der Waals surface area contributed by atoms with Gasteiger partial charge in [0.1, 0.15) is 17.0 Å². The quantitative estimate of drug-likeness (QED) is 0.328. The van der Waals surface area contributed by atoms with E-state index in [0.717, 1.165) is 63.4 Å². The van der Waals surface area contributed by atoms with E-state index in [1.807, 2.05) is 26.8 Å². The Morgan fingerprint density at radius 2 is 1.67 bits per heavy atom. The summed E-state index contributed by atoms with van der Waals surface area (Å²) in [5, 5.41) is 7.13. The summed E-state index contributed by atoms with van der Waals surface area (Å²) in [5.41, 5.74) is -1.00. The SMILES string of the molecule is CCN1[C@@H](C(=O)NC23CCC(C(=O)C(C)C)(CC2)CC3)[C@H](c2cccc(Cl)c2F)[C@]2(C(=O)Nc3cc(Cl)ccc32)C12CCCCC2. The molecule has 2 spiro atoms. The summed E-state index contributed by atoms with van der Waals surface area (Å²) in [6.45, 7) is 6.52. The number of likely N-dealkylation sites (tertiary alicyclic amines) is 1. The molecule has 8 rings (SSSR count). The van der Waals surface area contributed by atoms with Crippen LogP contribution in [0, 0.1) is 17.2 Å². The maximum Gasteiger partial charge on any atom is 0.238 e. The average molecular weight is 669 g/mol. The van der Waals surface area contributed by atoms with Gasteiger partial charge >= 0.3 is 0 Å². The van der Waals surface area contributed by atoms with Gasteiger partial charge in [0.15, 0.2) is 0 Å². The largest absolute Gasteiger partial charge is 0.349 e. The molecule has 46 heavy (non-hydrogen) atoms. The number of fused-ring (bicyclic) bond motifs is 6. The van der Waals surface area contributed by atoms with Crippen LogP contribution in [0.15, 0.2) is 36.4 Å². The molecule has 4 saturated carbocycles. The lowest BCUT2D eigenvalue weighted by Gasteiger charge is -2.54. The molecular formula is C37H44Cl2FN3O3. The molecule has 2 amide bonds. The van der Waals surface area contributed by atoms with Crippen LogP contribution in [0.1, 0.15) is 108 Å². The fraction of sp³-hybridized carbons (Fsp3) is 0.595. The Hall–Kier alpha value is -2.48. The zero-order valence-electron chi connectivity index (χ0n) is 27.0. The van der Waals surface area contributed by atoms with Gasteiger partial charge in [-0.25, -0.2) is 4.39 Å². The monoisotopic (exact) mass is 667 g/mol. The molecule has 2 heterocycles. The maximum absolute atomic E-state index is 16.4. The lowest BCUT2D eigenvalue weighted by Crippen LogP contribution is -2.63. The Bertz CT molecular complexity index is 1580. The van der Waals surface area contributed by atoms with Crippen molar-refractivity contribution in [3.63, 3.8) is 0 Å². The van der Waals surface area contributed by atoms with Crippen molar-refractivity contribution >= 4 is 46.5 Å². The van der Waals surface area contributed by atoms with E-state index in [9.17, 15) is 9.59 Å². The first-order chi connectivity index (χ1) is 22.0. The van der Waals surface area contributed by atoms with E-state index in [4.69, 9.17) is 23.2 Å². The van der Waals surface area contributed by atoms with Crippen LogP contribution in [0.4, 0.5) is 10.1 Å². The van der Waals surface area contributed by atoms with Crippen molar-refractivity contribution in [2.75, 3.05) is 11.9 Å². The summed E-state index contributed by atoms with van der Waals surface area (Å²) in [6.07, 6.45) is 8.80. The highest BCUT2D eigenvalue weighted by Gasteiger charge is 2.75. The molecule has 2 aliphatic heterocycles. The number of nitrogens with zero attached hydrogens (tertiary/aromatic N) is 1. The Kier molecular flexibility index (Phi) is 7.89. The molecule has 0 radical (unpaired) electrons. The number of Topliss-reactive ketones (excluding diaryl/α,β-unsaturated/α-hetero) is 1. The summed E-state index contributed by atoms with van der Waals surface area (Å²) in [5.74, 6) is -1.48. The van der Waals surface area contributed by atoms with Crippen LogP contribution in [-0.4, -0.2) is 46.2 Å². The summed E-state index contributed by atoms with van der Waals surface area (Å²) in [7, 11) is 0. The number of hydrogen-bond donors (Lipinski definition) is 2. The number of anilines is 1. The van der Waals surface area contributed by atoms with Gasteiger partial charge in [-0.1, -0.05) is 81.4 Å². The van der Waals surface area contributed by atoms with Crippen molar-refractivity contribution in [3.05, 3.63) is 63.4 Å². The number of carbonyl (C=O) groups excluding carboxylic acids is 3. The van der Waals surface area contributed by atoms with Gasteiger partial charge in [-0.15, -0.1) is 0 Å². The van der Waals surface area contributed by atoms with Crippen molar-refractivity contribution in [2.24, 2.45) is 11.3 Å². The summed E-state index contributed by atoms with van der Waals surface area (Å²) < 4.78 is 16.4. The lowest BCUT2D eigenvalue weighted by atomic mass is 9.54. The number of rotatable bonds is 6. The van der Waals surface area contributed by atoms with Crippen LogP contribution in [0.3, 0.4) is 0 Å². The number of hydrogen-bond acceptors (Lipinski definition) is 4. The van der Waals surface area contributed by atoms with Crippen LogP contribution < -0.4 is 10.6 Å². The zero-order valence-corrected chi connectivity index (χ0v) is 28.5. The molecule has 4 aliphatic carbocycles. The van der Waals surface area contributed by atoms with Crippen LogP contribution in [0.2, 0.25) is 10.0 Å². The normalized spacial score (nSPS) is 33.1. The second kappa shape index (κ2) is 11.3. The Labute approximate surface area is 281 Å². The first-order valence-corrected chi connectivity index (χ1v) is 17.9. The van der Waals surface area contributed by atoms with Gasteiger partial charge in [0.2, 0.25) is 11.8 Å². The molecule has 246 valence electrons. The van der Waals surface area contributed by atoms with Crippen LogP contribution in [0.25, 0.3) is 0 Å². The second-order valence-electron chi connectivity index (χ2n) is 15.0. The maximum atomic E-state index is 16.4. The number of ketones is 1. The van der Waals surface area contributed by atoms with Gasteiger partial charge in [0, 0.05) is 39.0 Å². The Morgan fingerprint density at radius 1 is 1.00 bits per heavy atom. The van der Waals surface area contributed by atoms with Crippen molar-refractivity contribution in [1.82, 2.24) is 10.2 Å². The van der Waals surface area contributed by atoms with E-state index in [1.165, 1.54) is 6.07 Å². The van der Waals surface area contributed by atoms with Gasteiger partial charge in [-0.3, -0.25) is 19.3 Å². The number of halogens is 3. The highest BCUT2D eigenvalue weighted by atomic mass is 35.5. The number of carbonyl (C=O) groups is 3. The molecule has 1 saturated heterocycles. The average Bonchev–Trinajstić information content (AvgIpc) is 3.47. The van der Waals surface area contributed by atoms with Gasteiger partial charge < -0.3 is 10.6 Å². The molecule has 0 aromatic heterocycles. The topological polar surface area (TPSA) is 78.5 Å². The highest BCUT2D eigenvalue weighted by molar-refractivity contribution is 6.31.